The lowest BCUT2D eigenvalue weighted by Crippen LogP contribution is -2.30. The fourth-order valence-electron chi connectivity index (χ4n) is 2.48. The first-order valence-electron chi connectivity index (χ1n) is 7.38. The van der Waals surface area contributed by atoms with Crippen LogP contribution in [0, 0.1) is 10.9 Å². The van der Waals surface area contributed by atoms with Crippen LogP contribution in [-0.2, 0) is 11.2 Å². The number of aryl methyl sites for hydroxylation is 1. The van der Waals surface area contributed by atoms with Gasteiger partial charge in [-0.05, 0) is 38.2 Å². The largest absolute Gasteiger partial charge is 0.459 e. The number of fused-ring (bicyclic) bond motifs is 1. The molecule has 1 N–H and O–H groups in total. The molecule has 3 aromatic rings. The van der Waals surface area contributed by atoms with Gasteiger partial charge in [-0.25, -0.2) is 0 Å². The molecule has 1 amide bonds. The Bertz CT molecular complexity index is 874. The molecule has 3 rings (SSSR count). The molecule has 6 heteroatoms. The summed E-state index contributed by atoms with van der Waals surface area (Å²) in [5, 5.41) is 1.05. The number of benzene rings is 1. The SMILES string of the molecule is Cc1[nH]c(=S)sc1CC(=O)N(C)C(C)c1cc2ccccc2o1. The van der Waals surface area contributed by atoms with E-state index in [1.54, 1.807) is 11.9 Å². The van der Waals surface area contributed by atoms with Gasteiger partial charge in [-0.1, -0.05) is 18.2 Å². The lowest BCUT2D eigenvalue weighted by Gasteiger charge is -2.23. The first-order valence-corrected chi connectivity index (χ1v) is 8.61. The molecule has 0 aliphatic rings. The zero-order chi connectivity index (χ0) is 16.6. The minimum absolute atomic E-state index is 0.0475. The smallest absolute Gasteiger partial charge is 0.228 e. The predicted molar refractivity (Wildman–Crippen MR) is 95.3 cm³/mol. The second-order valence-corrected chi connectivity index (χ2v) is 7.38. The van der Waals surface area contributed by atoms with Crippen LogP contribution in [0.5, 0.6) is 0 Å². The fraction of sp³-hybridized carbons (Fsp3) is 0.294. The van der Waals surface area contributed by atoms with E-state index in [9.17, 15) is 4.79 Å². The maximum absolute atomic E-state index is 12.5. The molecular formula is C17H18N2O2S2. The Morgan fingerprint density at radius 2 is 2.17 bits per heavy atom. The number of nitrogens with zero attached hydrogens (tertiary/aromatic N) is 1. The highest BCUT2D eigenvalue weighted by molar-refractivity contribution is 7.73. The molecule has 0 bridgehead atoms. The lowest BCUT2D eigenvalue weighted by molar-refractivity contribution is -0.131. The Hall–Kier alpha value is -1.92. The molecule has 4 nitrogen and oxygen atoms in total. The number of H-pyrrole nitrogens is 1. The number of nitrogens with one attached hydrogen (secondary N) is 1. The van der Waals surface area contributed by atoms with Gasteiger partial charge in [0.15, 0.2) is 3.95 Å². The van der Waals surface area contributed by atoms with E-state index in [1.165, 1.54) is 11.3 Å². The number of amides is 1. The molecule has 0 saturated heterocycles. The number of aromatic amines is 1. The van der Waals surface area contributed by atoms with Gasteiger partial charge in [0.2, 0.25) is 5.91 Å². The van der Waals surface area contributed by atoms with Crippen molar-refractivity contribution in [2.24, 2.45) is 0 Å². The van der Waals surface area contributed by atoms with Gasteiger partial charge in [-0.2, -0.15) is 0 Å². The fourth-order valence-corrected chi connectivity index (χ4v) is 3.77. The topological polar surface area (TPSA) is 49.2 Å². The maximum Gasteiger partial charge on any atom is 0.228 e. The number of hydrogen-bond acceptors (Lipinski definition) is 4. The molecule has 0 spiro atoms. The lowest BCUT2D eigenvalue weighted by atomic mass is 10.2. The molecule has 2 aromatic heterocycles. The highest BCUT2D eigenvalue weighted by atomic mass is 32.1. The van der Waals surface area contributed by atoms with Crippen molar-refractivity contribution in [3.8, 4) is 0 Å². The van der Waals surface area contributed by atoms with Gasteiger partial charge in [-0.15, -0.1) is 11.3 Å². The van der Waals surface area contributed by atoms with Crippen molar-refractivity contribution < 1.29 is 9.21 Å². The van der Waals surface area contributed by atoms with E-state index in [2.05, 4.69) is 4.98 Å². The van der Waals surface area contributed by atoms with Crippen LogP contribution in [0.1, 0.15) is 29.3 Å². The van der Waals surface area contributed by atoms with Crippen molar-refractivity contribution >= 4 is 40.4 Å². The Kier molecular flexibility index (Phi) is 4.37. The number of hydrogen-bond donors (Lipinski definition) is 1. The maximum atomic E-state index is 12.5. The molecular weight excluding hydrogens is 328 g/mol. The second kappa shape index (κ2) is 6.29. The number of para-hydroxylation sites is 1. The predicted octanol–water partition coefficient (Wildman–Crippen LogP) is 4.62. The Labute approximate surface area is 143 Å². The monoisotopic (exact) mass is 346 g/mol. The van der Waals surface area contributed by atoms with Gasteiger partial charge >= 0.3 is 0 Å². The van der Waals surface area contributed by atoms with E-state index in [1.807, 2.05) is 44.2 Å². The number of aromatic nitrogens is 1. The number of furan rings is 1. The summed E-state index contributed by atoms with van der Waals surface area (Å²) in [7, 11) is 1.81. The summed E-state index contributed by atoms with van der Waals surface area (Å²) >= 11 is 6.59. The molecule has 1 atom stereocenters. The van der Waals surface area contributed by atoms with Gasteiger partial charge in [0, 0.05) is 23.0 Å². The average molecular weight is 346 g/mol. The molecule has 0 fully saturated rings. The van der Waals surface area contributed by atoms with Crippen LogP contribution < -0.4 is 0 Å². The number of thiazole rings is 1. The third-order valence-electron chi connectivity index (χ3n) is 4.07. The zero-order valence-corrected chi connectivity index (χ0v) is 14.9. The molecule has 0 radical (unpaired) electrons. The van der Waals surface area contributed by atoms with Crippen LogP contribution in [0.4, 0.5) is 0 Å². The summed E-state index contributed by atoms with van der Waals surface area (Å²) in [6.07, 6.45) is 0.352. The van der Waals surface area contributed by atoms with E-state index in [0.717, 1.165) is 27.3 Å². The molecule has 0 aliphatic heterocycles. The molecule has 1 aromatic carbocycles. The summed E-state index contributed by atoms with van der Waals surface area (Å²) in [4.78, 5) is 18.3. The van der Waals surface area contributed by atoms with Gasteiger partial charge in [0.05, 0.1) is 12.5 Å². The van der Waals surface area contributed by atoms with Crippen LogP contribution in [-0.4, -0.2) is 22.8 Å². The average Bonchev–Trinajstić information content (AvgIpc) is 3.08. The van der Waals surface area contributed by atoms with Crippen LogP contribution in [0.3, 0.4) is 0 Å². The summed E-state index contributed by atoms with van der Waals surface area (Å²) in [5.41, 5.74) is 1.81. The zero-order valence-electron chi connectivity index (χ0n) is 13.3. The number of likely N-dealkylation sites (N-methyl/N-ethyl adjacent to an activating group) is 1. The van der Waals surface area contributed by atoms with Crippen molar-refractivity contribution in [3.05, 3.63) is 50.6 Å². The van der Waals surface area contributed by atoms with Gasteiger partial charge < -0.3 is 14.3 Å². The van der Waals surface area contributed by atoms with Crippen molar-refractivity contribution in [2.45, 2.75) is 26.3 Å². The number of rotatable bonds is 4. The van der Waals surface area contributed by atoms with Gasteiger partial charge in [0.1, 0.15) is 11.3 Å². The van der Waals surface area contributed by atoms with Gasteiger partial charge in [-0.3, -0.25) is 4.79 Å². The van der Waals surface area contributed by atoms with Crippen molar-refractivity contribution in [1.29, 1.82) is 0 Å². The van der Waals surface area contributed by atoms with E-state index in [0.29, 0.717) is 10.4 Å². The molecule has 1 unspecified atom stereocenters. The van der Waals surface area contributed by atoms with E-state index >= 15 is 0 Å². The summed E-state index contributed by atoms with van der Waals surface area (Å²) in [5.74, 6) is 0.840. The van der Waals surface area contributed by atoms with E-state index in [-0.39, 0.29) is 11.9 Å². The van der Waals surface area contributed by atoms with Crippen LogP contribution in [0.25, 0.3) is 11.0 Å². The van der Waals surface area contributed by atoms with Gasteiger partial charge in [0.25, 0.3) is 0 Å². The highest BCUT2D eigenvalue weighted by Gasteiger charge is 2.22. The minimum atomic E-state index is -0.123. The summed E-state index contributed by atoms with van der Waals surface area (Å²) in [6, 6.07) is 9.73. The standard InChI is InChI=1S/C17H18N2O2S2/c1-10-15(23-17(22)18-10)9-16(20)19(3)11(2)14-8-12-6-4-5-7-13(12)21-14/h4-8,11H,9H2,1-3H3,(H,18,22). The summed E-state index contributed by atoms with van der Waals surface area (Å²) in [6.45, 7) is 3.92. The highest BCUT2D eigenvalue weighted by Crippen LogP contribution is 2.27. The van der Waals surface area contributed by atoms with Crippen molar-refractivity contribution in [2.75, 3.05) is 7.05 Å². The summed E-state index contributed by atoms with van der Waals surface area (Å²) < 4.78 is 6.57. The number of carbonyl (C=O) groups is 1. The molecule has 120 valence electrons. The Morgan fingerprint density at radius 3 is 2.83 bits per heavy atom. The second-order valence-electron chi connectivity index (χ2n) is 5.61. The normalized spacial score (nSPS) is 12.5. The molecule has 2 heterocycles. The van der Waals surface area contributed by atoms with Crippen molar-refractivity contribution in [3.63, 3.8) is 0 Å². The van der Waals surface area contributed by atoms with Crippen LogP contribution in [0.2, 0.25) is 0 Å². The first kappa shape index (κ1) is 16.0. The van der Waals surface area contributed by atoms with E-state index < -0.39 is 0 Å². The molecule has 23 heavy (non-hydrogen) atoms. The first-order chi connectivity index (χ1) is 11.0. The van der Waals surface area contributed by atoms with Crippen LogP contribution in [0.15, 0.2) is 34.7 Å². The quantitative estimate of drug-likeness (QED) is 0.701. The van der Waals surface area contributed by atoms with Crippen LogP contribution >= 0.6 is 23.6 Å². The van der Waals surface area contributed by atoms with Crippen molar-refractivity contribution in [1.82, 2.24) is 9.88 Å². The molecule has 0 saturated carbocycles. The minimum Gasteiger partial charge on any atom is -0.459 e. The molecule has 0 aliphatic carbocycles. The number of carbonyl (C=O) groups excluding carboxylic acids is 1. The third kappa shape index (κ3) is 3.23. The Morgan fingerprint density at radius 1 is 1.43 bits per heavy atom. The van der Waals surface area contributed by atoms with E-state index in [4.69, 9.17) is 16.6 Å². The third-order valence-corrected chi connectivity index (χ3v) is 5.40. The Balaban J connectivity index is 1.78.